The van der Waals surface area contributed by atoms with Crippen LogP contribution < -0.4 is 10.5 Å². The topological polar surface area (TPSA) is 55.5 Å². The molecule has 78 valence electrons. The highest BCUT2D eigenvalue weighted by Gasteiger charge is 2.13. The quantitative estimate of drug-likeness (QED) is 0.766. The van der Waals surface area contributed by atoms with Crippen LogP contribution in [0.15, 0.2) is 18.2 Å². The van der Waals surface area contributed by atoms with Crippen LogP contribution in [-0.2, 0) is 0 Å². The van der Waals surface area contributed by atoms with Crippen LogP contribution in [0.2, 0.25) is 0 Å². The molecule has 3 heteroatoms. The van der Waals surface area contributed by atoms with Crippen LogP contribution in [0.1, 0.15) is 24.2 Å². The zero-order valence-corrected chi connectivity index (χ0v) is 8.82. The van der Waals surface area contributed by atoms with E-state index in [4.69, 9.17) is 10.5 Å². The van der Waals surface area contributed by atoms with E-state index >= 15 is 0 Å². The summed E-state index contributed by atoms with van der Waals surface area (Å²) in [4.78, 5) is 0. The Kier molecular flexibility index (Phi) is 3.49. The fourth-order valence-electron chi connectivity index (χ4n) is 1.39. The molecule has 0 bridgehead atoms. The van der Waals surface area contributed by atoms with E-state index in [9.17, 15) is 5.11 Å². The molecule has 3 nitrogen and oxygen atoms in total. The van der Waals surface area contributed by atoms with Gasteiger partial charge in [0.2, 0.25) is 0 Å². The van der Waals surface area contributed by atoms with Gasteiger partial charge in [-0.2, -0.15) is 0 Å². The van der Waals surface area contributed by atoms with Crippen molar-refractivity contribution in [2.24, 2.45) is 5.73 Å². The summed E-state index contributed by atoms with van der Waals surface area (Å²) in [5, 5.41) is 9.72. The smallest absolute Gasteiger partial charge is 0.121 e. The Morgan fingerprint density at radius 1 is 1.43 bits per heavy atom. The molecule has 0 spiro atoms. The van der Waals surface area contributed by atoms with Crippen molar-refractivity contribution in [3.8, 4) is 5.75 Å². The largest absolute Gasteiger partial charge is 0.496 e. The van der Waals surface area contributed by atoms with Gasteiger partial charge in [-0.1, -0.05) is 6.07 Å². The van der Waals surface area contributed by atoms with Crippen molar-refractivity contribution in [1.82, 2.24) is 0 Å². The third kappa shape index (κ3) is 2.25. The van der Waals surface area contributed by atoms with Crippen LogP contribution in [-0.4, -0.2) is 18.3 Å². The fraction of sp³-hybridized carbons (Fsp3) is 0.455. The summed E-state index contributed by atoms with van der Waals surface area (Å²) in [5.74, 6) is 0.825. The van der Waals surface area contributed by atoms with Gasteiger partial charge in [-0.15, -0.1) is 0 Å². The summed E-state index contributed by atoms with van der Waals surface area (Å²) in [7, 11) is 1.63. The van der Waals surface area contributed by atoms with Crippen molar-refractivity contribution >= 4 is 0 Å². The number of hydrogen-bond donors (Lipinski definition) is 2. The molecule has 0 aromatic heterocycles. The van der Waals surface area contributed by atoms with Crippen LogP contribution in [0.5, 0.6) is 5.75 Å². The molecular formula is C11H17NO2. The lowest BCUT2D eigenvalue weighted by atomic mass is 10.0. The average Bonchev–Trinajstić information content (AvgIpc) is 2.16. The van der Waals surface area contributed by atoms with Crippen LogP contribution >= 0.6 is 0 Å². The molecule has 0 fully saturated rings. The van der Waals surface area contributed by atoms with Crippen molar-refractivity contribution in [2.45, 2.75) is 26.0 Å². The van der Waals surface area contributed by atoms with E-state index in [-0.39, 0.29) is 6.04 Å². The Morgan fingerprint density at radius 2 is 2.07 bits per heavy atom. The normalized spacial score (nSPS) is 14.9. The number of ether oxygens (including phenoxy) is 1. The van der Waals surface area contributed by atoms with Gasteiger partial charge in [0, 0.05) is 6.04 Å². The number of aryl methyl sites for hydroxylation is 1. The lowest BCUT2D eigenvalue weighted by Gasteiger charge is -2.16. The number of methoxy groups -OCH3 is 1. The molecule has 1 aromatic rings. The zero-order chi connectivity index (χ0) is 10.7. The van der Waals surface area contributed by atoms with E-state index in [1.54, 1.807) is 14.0 Å². The van der Waals surface area contributed by atoms with Crippen molar-refractivity contribution < 1.29 is 9.84 Å². The minimum atomic E-state index is -0.611. The second kappa shape index (κ2) is 4.44. The number of rotatable bonds is 3. The van der Waals surface area contributed by atoms with Gasteiger partial charge in [-0.3, -0.25) is 0 Å². The molecule has 0 heterocycles. The minimum Gasteiger partial charge on any atom is -0.496 e. The predicted molar refractivity (Wildman–Crippen MR) is 56.3 cm³/mol. The Balaban J connectivity index is 2.96. The van der Waals surface area contributed by atoms with Gasteiger partial charge in [-0.25, -0.2) is 0 Å². The SMILES string of the molecule is COc1ccc(C(O)C(C)N)cc1C. The van der Waals surface area contributed by atoms with Crippen molar-refractivity contribution in [3.05, 3.63) is 29.3 Å². The Labute approximate surface area is 84.5 Å². The summed E-state index contributed by atoms with van der Waals surface area (Å²) >= 11 is 0. The minimum absolute atomic E-state index is 0.261. The van der Waals surface area contributed by atoms with E-state index in [0.717, 1.165) is 16.9 Å². The molecule has 0 aliphatic heterocycles. The monoisotopic (exact) mass is 195 g/mol. The molecule has 3 N–H and O–H groups in total. The Hall–Kier alpha value is -1.06. The zero-order valence-electron chi connectivity index (χ0n) is 8.82. The first-order valence-corrected chi connectivity index (χ1v) is 4.64. The fourth-order valence-corrected chi connectivity index (χ4v) is 1.39. The molecule has 0 aliphatic carbocycles. The second-order valence-corrected chi connectivity index (χ2v) is 3.53. The molecule has 0 saturated heterocycles. The Bertz CT molecular complexity index is 310. The standard InChI is InChI=1S/C11H17NO2/c1-7-6-9(11(13)8(2)12)4-5-10(7)14-3/h4-6,8,11,13H,12H2,1-3H3. The molecule has 0 radical (unpaired) electrons. The van der Waals surface area contributed by atoms with Gasteiger partial charge in [0.05, 0.1) is 13.2 Å². The number of benzene rings is 1. The molecule has 14 heavy (non-hydrogen) atoms. The third-order valence-electron chi connectivity index (χ3n) is 2.26. The summed E-state index contributed by atoms with van der Waals surface area (Å²) in [6, 6.07) is 5.31. The van der Waals surface area contributed by atoms with Gasteiger partial charge in [-0.05, 0) is 37.1 Å². The van der Waals surface area contributed by atoms with Crippen LogP contribution in [0.4, 0.5) is 0 Å². The maximum Gasteiger partial charge on any atom is 0.121 e. The van der Waals surface area contributed by atoms with Gasteiger partial charge < -0.3 is 15.6 Å². The van der Waals surface area contributed by atoms with Crippen molar-refractivity contribution in [1.29, 1.82) is 0 Å². The van der Waals surface area contributed by atoms with E-state index in [1.165, 1.54) is 0 Å². The number of hydrogen-bond acceptors (Lipinski definition) is 3. The van der Waals surface area contributed by atoms with Gasteiger partial charge in [0.25, 0.3) is 0 Å². The molecule has 2 atom stereocenters. The number of aliphatic hydroxyl groups excluding tert-OH is 1. The van der Waals surface area contributed by atoms with E-state index < -0.39 is 6.10 Å². The molecule has 0 amide bonds. The maximum absolute atomic E-state index is 9.72. The first kappa shape index (κ1) is 11.0. The molecule has 0 saturated carbocycles. The van der Waals surface area contributed by atoms with Crippen LogP contribution in [0.25, 0.3) is 0 Å². The lowest BCUT2D eigenvalue weighted by molar-refractivity contribution is 0.153. The summed E-state index contributed by atoms with van der Waals surface area (Å²) in [5.41, 5.74) is 7.44. The summed E-state index contributed by atoms with van der Waals surface area (Å²) < 4.78 is 5.13. The highest BCUT2D eigenvalue weighted by molar-refractivity contribution is 5.37. The molecule has 1 rings (SSSR count). The van der Waals surface area contributed by atoms with E-state index in [1.807, 2.05) is 25.1 Å². The third-order valence-corrected chi connectivity index (χ3v) is 2.26. The van der Waals surface area contributed by atoms with Crippen LogP contribution in [0, 0.1) is 6.92 Å². The number of aliphatic hydroxyl groups is 1. The van der Waals surface area contributed by atoms with Crippen molar-refractivity contribution in [2.75, 3.05) is 7.11 Å². The van der Waals surface area contributed by atoms with Crippen LogP contribution in [0.3, 0.4) is 0 Å². The van der Waals surface area contributed by atoms with Gasteiger partial charge in [0.15, 0.2) is 0 Å². The Morgan fingerprint density at radius 3 is 2.50 bits per heavy atom. The highest BCUT2D eigenvalue weighted by atomic mass is 16.5. The lowest BCUT2D eigenvalue weighted by Crippen LogP contribution is -2.24. The average molecular weight is 195 g/mol. The number of nitrogens with two attached hydrogens (primary N) is 1. The predicted octanol–water partition coefficient (Wildman–Crippen LogP) is 1.38. The van der Waals surface area contributed by atoms with E-state index in [0.29, 0.717) is 0 Å². The van der Waals surface area contributed by atoms with Gasteiger partial charge >= 0.3 is 0 Å². The first-order valence-electron chi connectivity index (χ1n) is 4.64. The molecule has 0 aliphatic rings. The maximum atomic E-state index is 9.72. The summed E-state index contributed by atoms with van der Waals surface area (Å²) in [6.45, 7) is 3.72. The van der Waals surface area contributed by atoms with E-state index in [2.05, 4.69) is 0 Å². The highest BCUT2D eigenvalue weighted by Crippen LogP contribution is 2.23. The molecule has 1 aromatic carbocycles. The first-order chi connectivity index (χ1) is 6.56. The summed E-state index contributed by atoms with van der Waals surface area (Å²) in [6.07, 6.45) is -0.611. The molecule has 2 unspecified atom stereocenters. The molecular weight excluding hydrogens is 178 g/mol. The second-order valence-electron chi connectivity index (χ2n) is 3.53. The van der Waals surface area contributed by atoms with Crippen molar-refractivity contribution in [3.63, 3.8) is 0 Å². The van der Waals surface area contributed by atoms with Gasteiger partial charge in [0.1, 0.15) is 5.75 Å².